The van der Waals surface area contributed by atoms with Gasteiger partial charge in [0, 0.05) is 10.0 Å². The first-order valence-electron chi connectivity index (χ1n) is 3.98. The van der Waals surface area contributed by atoms with Crippen LogP contribution in [0.5, 0.6) is 5.75 Å². The minimum absolute atomic E-state index is 0.150. The van der Waals surface area contributed by atoms with E-state index in [4.69, 9.17) is 4.84 Å². The van der Waals surface area contributed by atoms with E-state index in [9.17, 15) is 5.11 Å². The van der Waals surface area contributed by atoms with E-state index < -0.39 is 0 Å². The zero-order valence-corrected chi connectivity index (χ0v) is 10.7. The summed E-state index contributed by atoms with van der Waals surface area (Å²) >= 11 is 6.54. The summed E-state index contributed by atoms with van der Waals surface area (Å²) in [6.07, 6.45) is 1.47. The summed E-state index contributed by atoms with van der Waals surface area (Å²) in [5.41, 5.74) is 0.597. The average molecular weight is 323 g/mol. The molecule has 0 aromatic heterocycles. The molecule has 0 fully saturated rings. The average Bonchev–Trinajstić information content (AvgIpc) is 2.13. The lowest BCUT2D eigenvalue weighted by atomic mass is 10.2. The highest BCUT2D eigenvalue weighted by molar-refractivity contribution is 9.11. The molecular formula is C9H9Br2NO2. The van der Waals surface area contributed by atoms with Crippen LogP contribution in [0.3, 0.4) is 0 Å². The normalized spacial score (nSPS) is 10.8. The van der Waals surface area contributed by atoms with Gasteiger partial charge in [0.05, 0.1) is 10.7 Å². The zero-order valence-electron chi connectivity index (χ0n) is 7.50. The smallest absolute Gasteiger partial charge is 0.138 e. The van der Waals surface area contributed by atoms with Crippen LogP contribution in [0.2, 0.25) is 0 Å². The van der Waals surface area contributed by atoms with E-state index in [2.05, 4.69) is 37.0 Å². The molecule has 1 N–H and O–H groups in total. The maximum atomic E-state index is 9.61. The lowest BCUT2D eigenvalue weighted by molar-refractivity contribution is 0.160. The molecule has 0 unspecified atom stereocenters. The number of aromatic hydroxyl groups is 1. The topological polar surface area (TPSA) is 41.8 Å². The summed E-state index contributed by atoms with van der Waals surface area (Å²) in [6.45, 7) is 2.35. The summed E-state index contributed by atoms with van der Waals surface area (Å²) in [5.74, 6) is 0.150. The second kappa shape index (κ2) is 5.36. The number of hydrogen-bond donors (Lipinski definition) is 1. The predicted octanol–water partition coefficient (Wildman–Crippen LogP) is 3.29. The lowest BCUT2D eigenvalue weighted by Gasteiger charge is -2.02. The van der Waals surface area contributed by atoms with Gasteiger partial charge in [0.25, 0.3) is 0 Å². The number of hydrogen-bond acceptors (Lipinski definition) is 3. The number of phenols is 1. The predicted molar refractivity (Wildman–Crippen MR) is 62.7 cm³/mol. The number of nitrogens with zero attached hydrogens (tertiary/aromatic N) is 1. The van der Waals surface area contributed by atoms with Crippen molar-refractivity contribution in [3.8, 4) is 5.75 Å². The van der Waals surface area contributed by atoms with Gasteiger partial charge < -0.3 is 9.94 Å². The molecule has 0 heterocycles. The van der Waals surface area contributed by atoms with E-state index in [1.807, 2.05) is 6.92 Å². The third-order valence-corrected chi connectivity index (χ3v) is 2.52. The van der Waals surface area contributed by atoms with E-state index in [1.54, 1.807) is 12.1 Å². The SMILES string of the molecule is CCO/N=C\c1cc(Br)cc(Br)c1O. The maximum absolute atomic E-state index is 9.61. The Morgan fingerprint density at radius 1 is 1.50 bits per heavy atom. The molecule has 76 valence electrons. The van der Waals surface area contributed by atoms with Gasteiger partial charge in [-0.25, -0.2) is 0 Å². The Morgan fingerprint density at radius 3 is 2.86 bits per heavy atom. The summed E-state index contributed by atoms with van der Waals surface area (Å²) in [6, 6.07) is 3.51. The lowest BCUT2D eigenvalue weighted by Crippen LogP contribution is -1.86. The monoisotopic (exact) mass is 321 g/mol. The molecular weight excluding hydrogens is 314 g/mol. The van der Waals surface area contributed by atoms with Gasteiger partial charge in [0.2, 0.25) is 0 Å². The summed E-state index contributed by atoms with van der Waals surface area (Å²) < 4.78 is 1.48. The first kappa shape index (κ1) is 11.5. The first-order valence-corrected chi connectivity index (χ1v) is 5.57. The van der Waals surface area contributed by atoms with Gasteiger partial charge in [-0.1, -0.05) is 21.1 Å². The Morgan fingerprint density at radius 2 is 2.21 bits per heavy atom. The highest BCUT2D eigenvalue weighted by Crippen LogP contribution is 2.30. The van der Waals surface area contributed by atoms with Crippen LogP contribution in [0.1, 0.15) is 12.5 Å². The summed E-state index contributed by atoms with van der Waals surface area (Å²) in [4.78, 5) is 4.80. The van der Waals surface area contributed by atoms with Crippen molar-refractivity contribution >= 4 is 38.1 Å². The number of phenolic OH excluding ortho intramolecular Hbond substituents is 1. The zero-order chi connectivity index (χ0) is 10.6. The van der Waals surface area contributed by atoms with Gasteiger partial charge in [-0.15, -0.1) is 0 Å². The molecule has 14 heavy (non-hydrogen) atoms. The molecule has 0 bridgehead atoms. The Kier molecular flexibility index (Phi) is 4.41. The van der Waals surface area contributed by atoms with Gasteiger partial charge in [-0.2, -0.15) is 0 Å². The molecule has 0 aliphatic carbocycles. The first-order chi connectivity index (χ1) is 6.65. The Labute approximate surface area is 99.0 Å². The summed E-state index contributed by atoms with van der Waals surface area (Å²) in [5, 5.41) is 13.3. The van der Waals surface area contributed by atoms with E-state index in [1.165, 1.54) is 6.21 Å². The Hall–Kier alpha value is -0.550. The van der Waals surface area contributed by atoms with Crippen molar-refractivity contribution < 1.29 is 9.94 Å². The number of halogens is 2. The van der Waals surface area contributed by atoms with Crippen molar-refractivity contribution in [3.63, 3.8) is 0 Å². The molecule has 0 aliphatic rings. The van der Waals surface area contributed by atoms with Gasteiger partial charge >= 0.3 is 0 Å². The van der Waals surface area contributed by atoms with Crippen LogP contribution >= 0.6 is 31.9 Å². The molecule has 0 amide bonds. The standard InChI is InChI=1S/C9H9Br2NO2/c1-2-14-12-5-6-3-7(10)4-8(11)9(6)13/h3-5,13H,2H2,1H3/b12-5-. The van der Waals surface area contributed by atoms with E-state index in [0.717, 1.165) is 4.47 Å². The molecule has 0 saturated carbocycles. The van der Waals surface area contributed by atoms with Crippen LogP contribution < -0.4 is 0 Å². The molecule has 0 spiro atoms. The molecule has 3 nitrogen and oxygen atoms in total. The largest absolute Gasteiger partial charge is 0.506 e. The van der Waals surface area contributed by atoms with E-state index in [0.29, 0.717) is 16.6 Å². The number of rotatable bonds is 3. The van der Waals surface area contributed by atoms with Crippen LogP contribution in [-0.4, -0.2) is 17.9 Å². The Bertz CT molecular complexity index is 353. The molecule has 1 rings (SSSR count). The number of benzene rings is 1. The van der Waals surface area contributed by atoms with Crippen LogP contribution in [0.25, 0.3) is 0 Å². The van der Waals surface area contributed by atoms with E-state index >= 15 is 0 Å². The fourth-order valence-corrected chi connectivity index (χ4v) is 2.11. The third kappa shape index (κ3) is 2.99. The maximum Gasteiger partial charge on any atom is 0.138 e. The van der Waals surface area contributed by atoms with Crippen LogP contribution in [0, 0.1) is 0 Å². The molecule has 1 aromatic rings. The molecule has 1 aromatic carbocycles. The molecule has 0 saturated heterocycles. The van der Waals surface area contributed by atoms with Crippen molar-refractivity contribution in [3.05, 3.63) is 26.6 Å². The van der Waals surface area contributed by atoms with Crippen molar-refractivity contribution in [2.45, 2.75) is 6.92 Å². The van der Waals surface area contributed by atoms with Crippen molar-refractivity contribution in [2.24, 2.45) is 5.16 Å². The fourth-order valence-electron chi connectivity index (χ4n) is 0.853. The van der Waals surface area contributed by atoms with Crippen molar-refractivity contribution in [1.29, 1.82) is 0 Å². The van der Waals surface area contributed by atoms with Crippen molar-refractivity contribution in [2.75, 3.05) is 6.61 Å². The second-order valence-corrected chi connectivity index (χ2v) is 4.25. The highest BCUT2D eigenvalue weighted by Gasteiger charge is 2.04. The second-order valence-electron chi connectivity index (χ2n) is 2.48. The van der Waals surface area contributed by atoms with Gasteiger partial charge in [0.15, 0.2) is 0 Å². The van der Waals surface area contributed by atoms with Crippen LogP contribution in [-0.2, 0) is 4.84 Å². The molecule has 0 atom stereocenters. The van der Waals surface area contributed by atoms with E-state index in [-0.39, 0.29) is 5.75 Å². The quantitative estimate of drug-likeness (QED) is 0.685. The highest BCUT2D eigenvalue weighted by atomic mass is 79.9. The molecule has 0 aliphatic heterocycles. The Balaban J connectivity index is 2.96. The fraction of sp³-hybridized carbons (Fsp3) is 0.222. The van der Waals surface area contributed by atoms with Crippen LogP contribution in [0.15, 0.2) is 26.2 Å². The van der Waals surface area contributed by atoms with Crippen molar-refractivity contribution in [1.82, 2.24) is 0 Å². The minimum Gasteiger partial charge on any atom is -0.506 e. The molecule has 0 radical (unpaired) electrons. The minimum atomic E-state index is 0.150. The van der Waals surface area contributed by atoms with Gasteiger partial charge in [-0.3, -0.25) is 0 Å². The van der Waals surface area contributed by atoms with Gasteiger partial charge in [0.1, 0.15) is 12.4 Å². The molecule has 5 heteroatoms. The summed E-state index contributed by atoms with van der Waals surface area (Å²) in [7, 11) is 0. The van der Waals surface area contributed by atoms with Gasteiger partial charge in [-0.05, 0) is 35.0 Å². The third-order valence-electron chi connectivity index (χ3n) is 1.45. The van der Waals surface area contributed by atoms with Crippen LogP contribution in [0.4, 0.5) is 0 Å². The number of oxime groups is 1.